The number of carbonyl (C=O) groups excluding carboxylic acids is 1. The third kappa shape index (κ3) is 3.42. The molecule has 1 saturated heterocycles. The Morgan fingerprint density at radius 2 is 2.25 bits per heavy atom. The van der Waals surface area contributed by atoms with E-state index in [-0.39, 0.29) is 18.4 Å². The summed E-state index contributed by atoms with van der Waals surface area (Å²) in [5, 5.41) is 10.8. The van der Waals surface area contributed by atoms with Gasteiger partial charge in [-0.2, -0.15) is 0 Å². The van der Waals surface area contributed by atoms with Crippen molar-refractivity contribution in [1.82, 2.24) is 9.88 Å². The van der Waals surface area contributed by atoms with Gasteiger partial charge < -0.3 is 14.7 Å². The molecule has 0 radical (unpaired) electrons. The van der Waals surface area contributed by atoms with Crippen molar-refractivity contribution in [2.75, 3.05) is 26.8 Å². The number of rotatable bonds is 6. The fourth-order valence-corrected chi connectivity index (χ4v) is 3.42. The number of likely N-dealkylation sites (tertiary alicyclic amines) is 1. The Hall–Kier alpha value is -1.98. The molecule has 0 aliphatic carbocycles. The molecule has 128 valence electrons. The third-order valence-corrected chi connectivity index (χ3v) is 4.73. The van der Waals surface area contributed by atoms with Crippen LogP contribution >= 0.6 is 0 Å². The van der Waals surface area contributed by atoms with Crippen LogP contribution in [0.25, 0.3) is 10.9 Å². The van der Waals surface area contributed by atoms with Gasteiger partial charge in [0, 0.05) is 37.7 Å². The number of aliphatic hydroxyl groups is 1. The molecule has 1 aliphatic heterocycles. The Kier molecular flexibility index (Phi) is 5.11. The van der Waals surface area contributed by atoms with Crippen LogP contribution in [-0.4, -0.2) is 47.7 Å². The first-order valence-corrected chi connectivity index (χ1v) is 8.38. The van der Waals surface area contributed by atoms with Gasteiger partial charge in [0.15, 0.2) is 0 Å². The molecule has 1 unspecified atom stereocenters. The second-order valence-electron chi connectivity index (χ2n) is 6.51. The van der Waals surface area contributed by atoms with Crippen molar-refractivity contribution in [1.29, 1.82) is 0 Å². The first kappa shape index (κ1) is 16.9. The van der Waals surface area contributed by atoms with Crippen molar-refractivity contribution < 1.29 is 14.6 Å². The fourth-order valence-electron chi connectivity index (χ4n) is 3.42. The molecule has 2 aromatic rings. The molecule has 1 amide bonds. The van der Waals surface area contributed by atoms with Crippen molar-refractivity contribution in [3.8, 4) is 0 Å². The van der Waals surface area contributed by atoms with Gasteiger partial charge in [-0.05, 0) is 36.5 Å². The van der Waals surface area contributed by atoms with E-state index in [4.69, 9.17) is 9.72 Å². The summed E-state index contributed by atoms with van der Waals surface area (Å²) in [5.74, 6) is 0.424. The van der Waals surface area contributed by atoms with Gasteiger partial charge in [0.2, 0.25) is 5.91 Å². The third-order valence-electron chi connectivity index (χ3n) is 4.73. The molecule has 3 rings (SSSR count). The number of ether oxygens (including phenoxy) is 1. The minimum Gasteiger partial charge on any atom is -0.392 e. The molecule has 1 aromatic heterocycles. The van der Waals surface area contributed by atoms with Crippen molar-refractivity contribution in [3.63, 3.8) is 0 Å². The van der Waals surface area contributed by atoms with Crippen LogP contribution in [0.4, 0.5) is 0 Å². The highest BCUT2D eigenvalue weighted by molar-refractivity contribution is 5.82. The number of pyridine rings is 1. The van der Waals surface area contributed by atoms with Crippen molar-refractivity contribution in [2.24, 2.45) is 5.92 Å². The highest BCUT2D eigenvalue weighted by atomic mass is 16.5. The molecule has 1 atom stereocenters. The minimum absolute atomic E-state index is 0.0275. The molecule has 0 spiro atoms. The molecule has 2 heterocycles. The summed E-state index contributed by atoms with van der Waals surface area (Å²) in [6.07, 6.45) is 1.26. The molecular formula is C19H24N2O3. The smallest absolute Gasteiger partial charge is 0.223 e. The van der Waals surface area contributed by atoms with Crippen LogP contribution in [0.1, 0.15) is 23.2 Å². The van der Waals surface area contributed by atoms with Gasteiger partial charge in [0.05, 0.1) is 18.7 Å². The van der Waals surface area contributed by atoms with Gasteiger partial charge >= 0.3 is 0 Å². The summed E-state index contributed by atoms with van der Waals surface area (Å²) in [5.41, 5.74) is 3.87. The van der Waals surface area contributed by atoms with Crippen LogP contribution in [0.5, 0.6) is 0 Å². The average molecular weight is 328 g/mol. The number of aliphatic hydroxyl groups excluding tert-OH is 1. The van der Waals surface area contributed by atoms with E-state index >= 15 is 0 Å². The second kappa shape index (κ2) is 7.28. The lowest BCUT2D eigenvalue weighted by atomic mass is 9.97. The molecule has 24 heavy (non-hydrogen) atoms. The Morgan fingerprint density at radius 1 is 1.42 bits per heavy atom. The van der Waals surface area contributed by atoms with Crippen LogP contribution in [0.3, 0.4) is 0 Å². The molecule has 5 heteroatoms. The monoisotopic (exact) mass is 328 g/mol. The standard InChI is InChI=1S/C19H24N2O3/c1-13-4-3-5-15-10-16(12-22)17(20-19(13)15)8-14-9-18(23)21(11-14)6-7-24-2/h3-5,10,14,22H,6-9,11-12H2,1-2H3. The van der Waals surface area contributed by atoms with Crippen LogP contribution < -0.4 is 0 Å². The van der Waals surface area contributed by atoms with Crippen LogP contribution in [0.15, 0.2) is 24.3 Å². The maximum atomic E-state index is 12.1. The summed E-state index contributed by atoms with van der Waals surface area (Å²) in [6, 6.07) is 8.08. The number of hydrogen-bond acceptors (Lipinski definition) is 4. The van der Waals surface area contributed by atoms with E-state index in [0.717, 1.165) is 40.7 Å². The van der Waals surface area contributed by atoms with Gasteiger partial charge in [-0.25, -0.2) is 0 Å². The van der Waals surface area contributed by atoms with E-state index < -0.39 is 0 Å². The van der Waals surface area contributed by atoms with Crippen molar-refractivity contribution in [2.45, 2.75) is 26.4 Å². The summed E-state index contributed by atoms with van der Waals surface area (Å²) >= 11 is 0. The predicted octanol–water partition coefficient (Wildman–Crippen LogP) is 2.07. The number of aromatic nitrogens is 1. The van der Waals surface area contributed by atoms with Crippen molar-refractivity contribution in [3.05, 3.63) is 41.1 Å². The van der Waals surface area contributed by atoms with Gasteiger partial charge in [0.1, 0.15) is 0 Å². The molecule has 1 aliphatic rings. The number of nitrogens with zero attached hydrogens (tertiary/aromatic N) is 2. The number of para-hydroxylation sites is 1. The highest BCUT2D eigenvalue weighted by Gasteiger charge is 2.30. The van der Waals surface area contributed by atoms with E-state index in [9.17, 15) is 9.90 Å². The van der Waals surface area contributed by atoms with Gasteiger partial charge in [-0.15, -0.1) is 0 Å². The maximum Gasteiger partial charge on any atom is 0.223 e. The zero-order valence-electron chi connectivity index (χ0n) is 14.3. The van der Waals surface area contributed by atoms with Gasteiger partial charge in [-0.3, -0.25) is 9.78 Å². The zero-order valence-corrected chi connectivity index (χ0v) is 14.3. The van der Waals surface area contributed by atoms with Crippen molar-refractivity contribution >= 4 is 16.8 Å². The number of fused-ring (bicyclic) bond motifs is 1. The predicted molar refractivity (Wildman–Crippen MR) is 92.7 cm³/mol. The summed E-state index contributed by atoms with van der Waals surface area (Å²) < 4.78 is 5.06. The van der Waals surface area contributed by atoms with E-state index in [1.807, 2.05) is 36.1 Å². The number of carbonyl (C=O) groups is 1. The quantitative estimate of drug-likeness (QED) is 0.882. The first-order chi connectivity index (χ1) is 11.6. The lowest BCUT2D eigenvalue weighted by Gasteiger charge is -2.17. The first-order valence-electron chi connectivity index (χ1n) is 8.38. The molecule has 1 aromatic carbocycles. The normalized spacial score (nSPS) is 17.9. The number of benzene rings is 1. The second-order valence-corrected chi connectivity index (χ2v) is 6.51. The number of hydrogen-bond donors (Lipinski definition) is 1. The maximum absolute atomic E-state index is 12.1. The fraction of sp³-hybridized carbons (Fsp3) is 0.474. The van der Waals surface area contributed by atoms with E-state index in [1.165, 1.54) is 0 Å². The Balaban J connectivity index is 1.82. The molecule has 0 saturated carbocycles. The van der Waals surface area contributed by atoms with E-state index in [2.05, 4.69) is 0 Å². The molecule has 1 N–H and O–H groups in total. The van der Waals surface area contributed by atoms with Gasteiger partial charge in [0.25, 0.3) is 0 Å². The Labute approximate surface area is 142 Å². The lowest BCUT2D eigenvalue weighted by molar-refractivity contribution is -0.128. The van der Waals surface area contributed by atoms with Crippen LogP contribution in [-0.2, 0) is 22.6 Å². The van der Waals surface area contributed by atoms with Crippen LogP contribution in [0, 0.1) is 12.8 Å². The van der Waals surface area contributed by atoms with E-state index in [0.29, 0.717) is 19.6 Å². The summed E-state index contributed by atoms with van der Waals surface area (Å²) in [6.45, 7) is 3.96. The van der Waals surface area contributed by atoms with E-state index in [1.54, 1.807) is 7.11 Å². The highest BCUT2D eigenvalue weighted by Crippen LogP contribution is 2.26. The topological polar surface area (TPSA) is 62.7 Å². The van der Waals surface area contributed by atoms with Crippen LogP contribution in [0.2, 0.25) is 0 Å². The minimum atomic E-state index is -0.0275. The lowest BCUT2D eigenvalue weighted by Crippen LogP contribution is -2.29. The number of aryl methyl sites for hydroxylation is 1. The summed E-state index contributed by atoms with van der Waals surface area (Å²) in [7, 11) is 1.65. The largest absolute Gasteiger partial charge is 0.392 e. The Morgan fingerprint density at radius 3 is 3.00 bits per heavy atom. The molecule has 0 bridgehead atoms. The average Bonchev–Trinajstić information content (AvgIpc) is 2.92. The van der Waals surface area contributed by atoms with Gasteiger partial charge in [-0.1, -0.05) is 18.2 Å². The SMILES string of the molecule is COCCN1CC(Cc2nc3c(C)cccc3cc2CO)CC1=O. The number of methoxy groups -OCH3 is 1. The summed E-state index contributed by atoms with van der Waals surface area (Å²) in [4.78, 5) is 18.8. The Bertz CT molecular complexity index is 745. The molecule has 1 fully saturated rings. The zero-order chi connectivity index (χ0) is 17.1. The molecular weight excluding hydrogens is 304 g/mol. The number of amides is 1. The molecule has 5 nitrogen and oxygen atoms in total.